The van der Waals surface area contributed by atoms with Crippen molar-refractivity contribution in [1.82, 2.24) is 5.32 Å². The molecule has 0 fully saturated rings. The first-order valence-electron chi connectivity index (χ1n) is 9.39. The summed E-state index contributed by atoms with van der Waals surface area (Å²) >= 11 is 7.47. The Balaban J connectivity index is 1.80. The van der Waals surface area contributed by atoms with E-state index < -0.39 is 10.8 Å². The molecule has 2 aromatic rings. The molecule has 2 amide bonds. The van der Waals surface area contributed by atoms with Gasteiger partial charge in [-0.1, -0.05) is 11.6 Å². The maximum Gasteiger partial charge on any atom is 0.286 e. The number of amidine groups is 1. The summed E-state index contributed by atoms with van der Waals surface area (Å²) in [6.07, 6.45) is 1.60. The molecule has 9 nitrogen and oxygen atoms in total. The zero-order valence-electron chi connectivity index (χ0n) is 17.1. The molecular formula is C21H18ClN3O6S. The molecule has 0 unspecified atom stereocenters. The number of benzene rings is 2. The largest absolute Gasteiger partial charge is 0.490 e. The third-order valence-corrected chi connectivity index (χ3v) is 5.24. The summed E-state index contributed by atoms with van der Waals surface area (Å²) in [5.41, 5.74) is 1.30. The molecule has 0 bridgehead atoms. The van der Waals surface area contributed by atoms with E-state index in [0.29, 0.717) is 28.6 Å². The number of hydrogen-bond donors (Lipinski definition) is 1. The Hall–Kier alpha value is -3.37. The van der Waals surface area contributed by atoms with E-state index in [0.717, 1.165) is 17.3 Å². The monoisotopic (exact) mass is 475 g/mol. The van der Waals surface area contributed by atoms with Crippen LogP contribution in [-0.2, 0) is 16.2 Å². The number of nitrogens with one attached hydrogen (secondary N) is 1. The average Bonchev–Trinajstić information content (AvgIpc) is 3.05. The van der Waals surface area contributed by atoms with Crippen molar-refractivity contribution in [1.29, 1.82) is 0 Å². The highest BCUT2D eigenvalue weighted by Crippen LogP contribution is 2.39. The number of ether oxygens (including phenoxy) is 2. The first kappa shape index (κ1) is 23.3. The predicted octanol–water partition coefficient (Wildman–Crippen LogP) is 4.33. The second-order valence-electron chi connectivity index (χ2n) is 6.49. The molecule has 3 rings (SSSR count). The van der Waals surface area contributed by atoms with Crippen LogP contribution >= 0.6 is 23.4 Å². The fourth-order valence-corrected chi connectivity index (χ4v) is 3.84. The molecule has 0 spiro atoms. The number of aliphatic imine (C=N–C) groups is 1. The van der Waals surface area contributed by atoms with Gasteiger partial charge in [0.2, 0.25) is 5.91 Å². The van der Waals surface area contributed by atoms with E-state index >= 15 is 0 Å². The number of thioether (sulfide) groups is 1. The number of rotatable bonds is 7. The van der Waals surface area contributed by atoms with Crippen molar-refractivity contribution >= 4 is 52.1 Å². The van der Waals surface area contributed by atoms with Gasteiger partial charge in [-0.2, -0.15) is 4.99 Å². The van der Waals surface area contributed by atoms with E-state index in [1.807, 2.05) is 6.92 Å². The van der Waals surface area contributed by atoms with Gasteiger partial charge in [-0.15, -0.1) is 0 Å². The number of halogens is 1. The Morgan fingerprint density at radius 3 is 2.62 bits per heavy atom. The fourth-order valence-electron chi connectivity index (χ4n) is 2.71. The number of carbonyl (C=O) groups is 2. The molecule has 1 heterocycles. The van der Waals surface area contributed by atoms with Gasteiger partial charge in [0.25, 0.3) is 11.6 Å². The minimum absolute atomic E-state index is 0.0100. The van der Waals surface area contributed by atoms with E-state index in [9.17, 15) is 19.7 Å². The van der Waals surface area contributed by atoms with Crippen LogP contribution < -0.4 is 14.8 Å². The molecule has 32 heavy (non-hydrogen) atoms. The molecule has 1 aliphatic heterocycles. The van der Waals surface area contributed by atoms with Gasteiger partial charge in [-0.3, -0.25) is 19.7 Å². The van der Waals surface area contributed by atoms with Crippen LogP contribution in [0.4, 0.5) is 5.69 Å². The van der Waals surface area contributed by atoms with E-state index in [1.165, 1.54) is 19.1 Å². The molecule has 0 saturated carbocycles. The van der Waals surface area contributed by atoms with E-state index in [1.54, 1.807) is 30.3 Å². The minimum Gasteiger partial charge on any atom is -0.490 e. The molecule has 166 valence electrons. The minimum atomic E-state index is -0.473. The van der Waals surface area contributed by atoms with E-state index in [-0.39, 0.29) is 28.4 Å². The summed E-state index contributed by atoms with van der Waals surface area (Å²) < 4.78 is 11.5. The van der Waals surface area contributed by atoms with Crippen molar-refractivity contribution in [2.24, 2.45) is 4.99 Å². The summed E-state index contributed by atoms with van der Waals surface area (Å²) in [6, 6.07) is 9.28. The standard InChI is InChI=1S/C21H18ClN3O6S/c1-3-30-17-9-14(10-18-20(27)24-21(32-18)23-12(2)26)8-16(22)19(17)31-11-13-4-6-15(7-5-13)25(28)29/h4-10H,3,11H2,1-2H3,(H,23,24,26,27)/b18-10-. The highest BCUT2D eigenvalue weighted by atomic mass is 35.5. The lowest BCUT2D eigenvalue weighted by atomic mass is 10.1. The van der Waals surface area contributed by atoms with Crippen LogP contribution in [0.3, 0.4) is 0 Å². The van der Waals surface area contributed by atoms with Gasteiger partial charge in [0, 0.05) is 19.1 Å². The first-order valence-corrected chi connectivity index (χ1v) is 10.6. The third-order valence-electron chi connectivity index (χ3n) is 4.06. The molecule has 0 aliphatic carbocycles. The van der Waals surface area contributed by atoms with Crippen LogP contribution in [0.5, 0.6) is 11.5 Å². The maximum atomic E-state index is 12.1. The lowest BCUT2D eigenvalue weighted by Crippen LogP contribution is -2.23. The van der Waals surface area contributed by atoms with Gasteiger partial charge < -0.3 is 14.8 Å². The van der Waals surface area contributed by atoms with Crippen LogP contribution in [0.15, 0.2) is 46.3 Å². The number of nitro groups is 1. The number of amides is 2. The number of nitro benzene ring substituents is 1. The lowest BCUT2D eigenvalue weighted by molar-refractivity contribution is -0.384. The SMILES string of the molecule is CCOc1cc(/C=C2\SC(NC(C)=O)=NC2=O)cc(Cl)c1OCc1ccc([N+](=O)[O-])cc1. The molecule has 0 radical (unpaired) electrons. The molecule has 1 aliphatic rings. The molecule has 11 heteroatoms. The normalized spacial score (nSPS) is 14.3. The second-order valence-corrected chi connectivity index (χ2v) is 7.93. The molecule has 1 N–H and O–H groups in total. The number of nitrogens with zero attached hydrogens (tertiary/aromatic N) is 2. The van der Waals surface area contributed by atoms with Gasteiger partial charge in [0.1, 0.15) is 6.61 Å². The highest BCUT2D eigenvalue weighted by Gasteiger charge is 2.23. The van der Waals surface area contributed by atoms with Crippen molar-refractivity contribution < 1.29 is 24.0 Å². The maximum absolute atomic E-state index is 12.1. The van der Waals surface area contributed by atoms with E-state index in [2.05, 4.69) is 10.3 Å². The van der Waals surface area contributed by atoms with Gasteiger partial charge in [-0.05, 0) is 60.2 Å². The summed E-state index contributed by atoms with van der Waals surface area (Å²) in [6.45, 7) is 3.62. The second kappa shape index (κ2) is 10.3. The number of hydrogen-bond acceptors (Lipinski definition) is 7. The molecule has 0 aromatic heterocycles. The summed E-state index contributed by atoms with van der Waals surface area (Å²) in [5.74, 6) is -0.0883. The summed E-state index contributed by atoms with van der Waals surface area (Å²) in [4.78, 5) is 37.7. The Morgan fingerprint density at radius 1 is 1.28 bits per heavy atom. The Morgan fingerprint density at radius 2 is 2.00 bits per heavy atom. The first-order chi connectivity index (χ1) is 15.3. The number of carbonyl (C=O) groups excluding carboxylic acids is 2. The van der Waals surface area contributed by atoms with Crippen molar-refractivity contribution in [2.75, 3.05) is 6.61 Å². The highest BCUT2D eigenvalue weighted by molar-refractivity contribution is 8.18. The molecule has 2 aromatic carbocycles. The molecule has 0 saturated heterocycles. The fraction of sp³-hybridized carbons (Fsp3) is 0.190. The van der Waals surface area contributed by atoms with Gasteiger partial charge in [0.15, 0.2) is 16.7 Å². The Labute approximate surface area is 192 Å². The van der Waals surface area contributed by atoms with Gasteiger partial charge in [0.05, 0.1) is 21.5 Å². The Kier molecular flexibility index (Phi) is 7.49. The smallest absolute Gasteiger partial charge is 0.286 e. The average molecular weight is 476 g/mol. The molecular weight excluding hydrogens is 458 g/mol. The van der Waals surface area contributed by atoms with Crippen LogP contribution in [0, 0.1) is 10.1 Å². The number of non-ortho nitro benzene ring substituents is 1. The predicted molar refractivity (Wildman–Crippen MR) is 122 cm³/mol. The van der Waals surface area contributed by atoms with Gasteiger partial charge in [-0.25, -0.2) is 0 Å². The van der Waals surface area contributed by atoms with Gasteiger partial charge >= 0.3 is 0 Å². The van der Waals surface area contributed by atoms with Crippen LogP contribution in [0.25, 0.3) is 6.08 Å². The van der Waals surface area contributed by atoms with Crippen LogP contribution in [0.1, 0.15) is 25.0 Å². The lowest BCUT2D eigenvalue weighted by Gasteiger charge is -2.14. The summed E-state index contributed by atoms with van der Waals surface area (Å²) in [5, 5.41) is 13.8. The topological polar surface area (TPSA) is 120 Å². The Bertz CT molecular complexity index is 1130. The quantitative estimate of drug-likeness (QED) is 0.359. The third kappa shape index (κ3) is 5.86. The van der Waals surface area contributed by atoms with Crippen molar-refractivity contribution in [3.8, 4) is 11.5 Å². The summed E-state index contributed by atoms with van der Waals surface area (Å²) in [7, 11) is 0. The van der Waals surface area contributed by atoms with Crippen LogP contribution in [0.2, 0.25) is 5.02 Å². The van der Waals surface area contributed by atoms with Crippen molar-refractivity contribution in [2.45, 2.75) is 20.5 Å². The van der Waals surface area contributed by atoms with Crippen molar-refractivity contribution in [3.05, 3.63) is 67.6 Å². The van der Waals surface area contributed by atoms with Crippen LogP contribution in [-0.4, -0.2) is 28.5 Å². The zero-order chi connectivity index (χ0) is 23.3. The van der Waals surface area contributed by atoms with Crippen molar-refractivity contribution in [3.63, 3.8) is 0 Å². The molecule has 0 atom stereocenters. The zero-order valence-corrected chi connectivity index (χ0v) is 18.7. The van der Waals surface area contributed by atoms with E-state index in [4.69, 9.17) is 21.1 Å².